The van der Waals surface area contributed by atoms with Gasteiger partial charge in [0, 0.05) is 17.3 Å². The van der Waals surface area contributed by atoms with E-state index < -0.39 is 0 Å². The number of anilines is 1. The molecule has 0 radical (unpaired) electrons. The summed E-state index contributed by atoms with van der Waals surface area (Å²) in [5, 5.41) is 3.86. The van der Waals surface area contributed by atoms with Crippen molar-refractivity contribution in [3.63, 3.8) is 0 Å². The van der Waals surface area contributed by atoms with Crippen LogP contribution in [0.3, 0.4) is 0 Å². The lowest BCUT2D eigenvalue weighted by Gasteiger charge is -2.05. The highest BCUT2D eigenvalue weighted by atomic mass is 35.5. The molecule has 7 heteroatoms. The molecule has 1 amide bonds. The maximum Gasteiger partial charge on any atom is 0.253 e. The number of thiazole rings is 1. The molecule has 0 atom stereocenters. The Balaban J connectivity index is 2.05. The van der Waals surface area contributed by atoms with Crippen molar-refractivity contribution in [1.29, 1.82) is 0 Å². The van der Waals surface area contributed by atoms with Gasteiger partial charge in [-0.1, -0.05) is 11.6 Å². The summed E-state index contributed by atoms with van der Waals surface area (Å²) in [5.74, 6) is -0.0309. The highest BCUT2D eigenvalue weighted by molar-refractivity contribution is 7.11. The van der Waals surface area contributed by atoms with Gasteiger partial charge in [0.25, 0.3) is 5.91 Å². The zero-order chi connectivity index (χ0) is 13.1. The van der Waals surface area contributed by atoms with Crippen LogP contribution in [0.5, 0.6) is 0 Å². The molecule has 2 aromatic heterocycles. The van der Waals surface area contributed by atoms with E-state index in [0.29, 0.717) is 12.1 Å². The van der Waals surface area contributed by atoms with Crippen LogP contribution in [0.2, 0.25) is 5.02 Å². The van der Waals surface area contributed by atoms with Crippen LogP contribution in [-0.4, -0.2) is 15.9 Å². The summed E-state index contributed by atoms with van der Waals surface area (Å²) in [6, 6.07) is 1.45. The van der Waals surface area contributed by atoms with Crippen LogP contribution >= 0.6 is 22.9 Å². The second-order valence-electron chi connectivity index (χ2n) is 3.64. The fourth-order valence-corrected chi connectivity index (χ4v) is 2.28. The first-order valence-electron chi connectivity index (χ1n) is 5.17. The van der Waals surface area contributed by atoms with Crippen LogP contribution in [0.4, 0.5) is 5.82 Å². The van der Waals surface area contributed by atoms with Gasteiger partial charge in [-0.2, -0.15) is 0 Å². The standard InChI is InChI=1S/C11H11ClN4OS/c1-6-3-15-10(18-6)5-16-11(17)7-2-9(13)14-4-8(7)12/h2-4H,5H2,1H3,(H2,13,14)(H,16,17). The van der Waals surface area contributed by atoms with Gasteiger partial charge in [0.2, 0.25) is 0 Å². The van der Waals surface area contributed by atoms with Crippen molar-refractivity contribution < 1.29 is 4.79 Å². The maximum absolute atomic E-state index is 11.9. The van der Waals surface area contributed by atoms with E-state index in [2.05, 4.69) is 15.3 Å². The summed E-state index contributed by atoms with van der Waals surface area (Å²) < 4.78 is 0. The SMILES string of the molecule is Cc1cnc(CNC(=O)c2cc(N)ncc2Cl)s1. The Hall–Kier alpha value is -1.66. The molecular weight excluding hydrogens is 272 g/mol. The number of rotatable bonds is 3. The first-order valence-corrected chi connectivity index (χ1v) is 6.36. The fraction of sp³-hybridized carbons (Fsp3) is 0.182. The van der Waals surface area contributed by atoms with Gasteiger partial charge in [-0.15, -0.1) is 11.3 Å². The van der Waals surface area contributed by atoms with Gasteiger partial charge in [0.15, 0.2) is 0 Å². The largest absolute Gasteiger partial charge is 0.384 e. The van der Waals surface area contributed by atoms with Gasteiger partial charge in [-0.05, 0) is 13.0 Å². The average molecular weight is 283 g/mol. The number of amides is 1. The number of aryl methyl sites for hydroxylation is 1. The topological polar surface area (TPSA) is 80.9 Å². The van der Waals surface area contributed by atoms with Gasteiger partial charge in [0.1, 0.15) is 10.8 Å². The first kappa shape index (κ1) is 12.8. The molecule has 0 saturated carbocycles. The van der Waals surface area contributed by atoms with Crippen molar-refractivity contribution in [3.8, 4) is 0 Å². The number of nitrogens with one attached hydrogen (secondary N) is 1. The molecule has 2 rings (SSSR count). The minimum atomic E-state index is -0.290. The normalized spacial score (nSPS) is 10.3. The van der Waals surface area contributed by atoms with E-state index in [1.54, 1.807) is 6.20 Å². The van der Waals surface area contributed by atoms with Crippen LogP contribution < -0.4 is 11.1 Å². The number of nitrogens with zero attached hydrogens (tertiary/aromatic N) is 2. The first-order chi connectivity index (χ1) is 8.56. The molecule has 5 nitrogen and oxygen atoms in total. The van der Waals surface area contributed by atoms with E-state index >= 15 is 0 Å². The number of carbonyl (C=O) groups is 1. The molecular formula is C11H11ClN4OS. The molecule has 94 valence electrons. The van der Waals surface area contributed by atoms with E-state index in [0.717, 1.165) is 9.88 Å². The Morgan fingerprint density at radius 2 is 2.28 bits per heavy atom. The molecule has 2 heterocycles. The lowest BCUT2D eigenvalue weighted by Crippen LogP contribution is -2.23. The van der Waals surface area contributed by atoms with Gasteiger partial charge < -0.3 is 11.1 Å². The minimum absolute atomic E-state index is 0.259. The highest BCUT2D eigenvalue weighted by Crippen LogP contribution is 2.17. The molecule has 0 fully saturated rings. The van der Waals surface area contributed by atoms with Crippen LogP contribution in [-0.2, 0) is 6.54 Å². The van der Waals surface area contributed by atoms with Gasteiger partial charge in [-0.3, -0.25) is 4.79 Å². The molecule has 0 unspecified atom stereocenters. The van der Waals surface area contributed by atoms with Crippen molar-refractivity contribution in [2.75, 3.05) is 5.73 Å². The lowest BCUT2D eigenvalue weighted by molar-refractivity contribution is 0.0951. The summed E-state index contributed by atoms with van der Waals surface area (Å²) in [6.45, 7) is 2.33. The smallest absolute Gasteiger partial charge is 0.253 e. The summed E-state index contributed by atoms with van der Waals surface area (Å²) >= 11 is 7.42. The van der Waals surface area contributed by atoms with E-state index in [4.69, 9.17) is 17.3 Å². The molecule has 0 aliphatic rings. The van der Waals surface area contributed by atoms with Crippen molar-refractivity contribution in [1.82, 2.24) is 15.3 Å². The molecule has 3 N–H and O–H groups in total. The maximum atomic E-state index is 11.9. The summed E-state index contributed by atoms with van der Waals surface area (Å²) in [5.41, 5.74) is 5.83. The predicted molar refractivity (Wildman–Crippen MR) is 71.7 cm³/mol. The quantitative estimate of drug-likeness (QED) is 0.902. The van der Waals surface area contributed by atoms with Crippen LogP contribution in [0, 0.1) is 6.92 Å². The van der Waals surface area contributed by atoms with E-state index in [9.17, 15) is 4.79 Å². The van der Waals surface area contributed by atoms with Gasteiger partial charge >= 0.3 is 0 Å². The average Bonchev–Trinajstić information content (AvgIpc) is 2.75. The zero-order valence-electron chi connectivity index (χ0n) is 9.61. The number of hydrogen-bond donors (Lipinski definition) is 2. The number of nitrogen functional groups attached to an aromatic ring is 1. The number of aromatic nitrogens is 2. The fourth-order valence-electron chi connectivity index (χ4n) is 1.36. The predicted octanol–water partition coefficient (Wildman–Crippen LogP) is 2.01. The minimum Gasteiger partial charge on any atom is -0.384 e. The molecule has 2 aromatic rings. The monoisotopic (exact) mass is 282 g/mol. The second kappa shape index (κ2) is 5.32. The number of nitrogens with two attached hydrogens (primary N) is 1. The second-order valence-corrected chi connectivity index (χ2v) is 5.36. The molecule has 18 heavy (non-hydrogen) atoms. The Bertz CT molecular complexity index is 584. The summed E-state index contributed by atoms with van der Waals surface area (Å²) in [6.07, 6.45) is 3.13. The molecule has 0 bridgehead atoms. The summed E-state index contributed by atoms with van der Waals surface area (Å²) in [7, 11) is 0. The highest BCUT2D eigenvalue weighted by Gasteiger charge is 2.11. The Morgan fingerprint density at radius 1 is 1.50 bits per heavy atom. The third-order valence-electron chi connectivity index (χ3n) is 2.19. The van der Waals surface area contributed by atoms with E-state index in [1.165, 1.54) is 23.6 Å². The molecule has 0 spiro atoms. The van der Waals surface area contributed by atoms with Gasteiger partial charge in [-0.25, -0.2) is 9.97 Å². The molecule has 0 aromatic carbocycles. The lowest BCUT2D eigenvalue weighted by atomic mass is 10.2. The van der Waals surface area contributed by atoms with Crippen LogP contribution in [0.25, 0.3) is 0 Å². The van der Waals surface area contributed by atoms with E-state index in [1.807, 2.05) is 6.92 Å². The third kappa shape index (κ3) is 2.96. The third-order valence-corrected chi connectivity index (χ3v) is 3.40. The Labute approximate surface area is 113 Å². The van der Waals surface area contributed by atoms with Crippen molar-refractivity contribution >= 4 is 34.7 Å². The zero-order valence-corrected chi connectivity index (χ0v) is 11.2. The van der Waals surface area contributed by atoms with Crippen molar-refractivity contribution in [2.45, 2.75) is 13.5 Å². The van der Waals surface area contributed by atoms with E-state index in [-0.39, 0.29) is 16.7 Å². The molecule has 0 aliphatic heterocycles. The number of halogens is 1. The Morgan fingerprint density at radius 3 is 2.94 bits per heavy atom. The van der Waals surface area contributed by atoms with Crippen LogP contribution in [0.1, 0.15) is 20.2 Å². The number of hydrogen-bond acceptors (Lipinski definition) is 5. The molecule has 0 saturated heterocycles. The van der Waals surface area contributed by atoms with Crippen LogP contribution in [0.15, 0.2) is 18.5 Å². The summed E-state index contributed by atoms with van der Waals surface area (Å²) in [4.78, 5) is 21.0. The number of pyridine rings is 1. The van der Waals surface area contributed by atoms with Gasteiger partial charge in [0.05, 0.1) is 17.1 Å². The molecule has 0 aliphatic carbocycles. The van der Waals surface area contributed by atoms with Crippen molar-refractivity contribution in [3.05, 3.63) is 38.9 Å². The Kier molecular flexibility index (Phi) is 3.78. The number of carbonyl (C=O) groups excluding carboxylic acids is 1. The van der Waals surface area contributed by atoms with Crippen molar-refractivity contribution in [2.24, 2.45) is 0 Å².